The molecule has 2 N–H and O–H groups in total. The Morgan fingerprint density at radius 3 is 2.80 bits per heavy atom. The average Bonchev–Trinajstić information content (AvgIpc) is 2.45. The van der Waals surface area contributed by atoms with E-state index in [0.717, 1.165) is 11.0 Å². The molecular formula is C12H15BrN2. The van der Waals surface area contributed by atoms with Crippen molar-refractivity contribution in [2.24, 2.45) is 12.8 Å². The number of hydrogen-bond acceptors (Lipinski definition) is 1. The number of fused-ring (bicyclic) bond motifs is 1. The molecule has 0 aliphatic rings. The van der Waals surface area contributed by atoms with E-state index in [1.165, 1.54) is 22.0 Å². The van der Waals surface area contributed by atoms with Gasteiger partial charge in [0.05, 0.1) is 10.1 Å². The number of hydrogen-bond donors (Lipinski definition) is 1. The first-order valence-electron chi connectivity index (χ1n) is 5.09. The fourth-order valence-corrected chi connectivity index (χ4v) is 2.73. The molecule has 0 atom stereocenters. The van der Waals surface area contributed by atoms with Crippen LogP contribution in [0.25, 0.3) is 10.9 Å². The molecule has 3 heteroatoms. The number of nitrogens with two attached hydrogens (primary N) is 1. The van der Waals surface area contributed by atoms with Crippen LogP contribution in [0.15, 0.2) is 22.8 Å². The molecule has 0 unspecified atom stereocenters. The van der Waals surface area contributed by atoms with Crippen molar-refractivity contribution in [2.75, 3.05) is 6.54 Å². The van der Waals surface area contributed by atoms with Gasteiger partial charge in [0.15, 0.2) is 0 Å². The highest BCUT2D eigenvalue weighted by molar-refractivity contribution is 9.10. The van der Waals surface area contributed by atoms with Gasteiger partial charge in [-0.1, -0.05) is 18.2 Å². The Kier molecular flexibility index (Phi) is 2.85. The third-order valence-electron chi connectivity index (χ3n) is 2.84. The summed E-state index contributed by atoms with van der Waals surface area (Å²) in [7, 11) is 2.08. The van der Waals surface area contributed by atoms with Crippen LogP contribution in [-0.4, -0.2) is 11.1 Å². The topological polar surface area (TPSA) is 30.9 Å². The lowest BCUT2D eigenvalue weighted by atomic mass is 10.1. The summed E-state index contributed by atoms with van der Waals surface area (Å²) in [6.45, 7) is 2.83. The van der Waals surface area contributed by atoms with Gasteiger partial charge in [-0.15, -0.1) is 0 Å². The van der Waals surface area contributed by atoms with Crippen molar-refractivity contribution in [2.45, 2.75) is 13.3 Å². The van der Waals surface area contributed by atoms with E-state index in [0.29, 0.717) is 6.54 Å². The fraction of sp³-hybridized carbons (Fsp3) is 0.333. The van der Waals surface area contributed by atoms with E-state index in [9.17, 15) is 0 Å². The van der Waals surface area contributed by atoms with Crippen molar-refractivity contribution in [3.05, 3.63) is 33.9 Å². The maximum atomic E-state index is 5.64. The Hall–Kier alpha value is -0.800. The van der Waals surface area contributed by atoms with Gasteiger partial charge in [0.1, 0.15) is 0 Å². The quantitative estimate of drug-likeness (QED) is 0.891. The van der Waals surface area contributed by atoms with E-state index in [-0.39, 0.29) is 0 Å². The SMILES string of the molecule is Cc1cccc2c(CCN)c(Br)n(C)c12. The molecule has 0 bridgehead atoms. The minimum absolute atomic E-state index is 0.686. The van der Waals surface area contributed by atoms with E-state index >= 15 is 0 Å². The predicted molar refractivity (Wildman–Crippen MR) is 68.1 cm³/mol. The molecule has 2 aromatic rings. The second kappa shape index (κ2) is 3.99. The van der Waals surface area contributed by atoms with Crippen LogP contribution >= 0.6 is 15.9 Å². The predicted octanol–water partition coefficient (Wildman–Crippen LogP) is 2.75. The van der Waals surface area contributed by atoms with Gasteiger partial charge in [0.2, 0.25) is 0 Å². The van der Waals surface area contributed by atoms with Gasteiger partial charge < -0.3 is 10.3 Å². The highest BCUT2D eigenvalue weighted by Crippen LogP contribution is 2.31. The van der Waals surface area contributed by atoms with E-state index in [1.54, 1.807) is 0 Å². The van der Waals surface area contributed by atoms with Crippen LogP contribution in [0.4, 0.5) is 0 Å². The summed E-state index contributed by atoms with van der Waals surface area (Å²) in [6, 6.07) is 6.41. The first-order chi connectivity index (χ1) is 7.16. The zero-order valence-corrected chi connectivity index (χ0v) is 10.6. The van der Waals surface area contributed by atoms with Crippen LogP contribution in [0.1, 0.15) is 11.1 Å². The molecule has 0 amide bonds. The molecule has 1 aromatic carbocycles. The molecule has 15 heavy (non-hydrogen) atoms. The highest BCUT2D eigenvalue weighted by Gasteiger charge is 2.13. The van der Waals surface area contributed by atoms with Crippen molar-refractivity contribution in [1.29, 1.82) is 0 Å². The summed E-state index contributed by atoms with van der Waals surface area (Å²) in [5, 5.41) is 1.31. The van der Waals surface area contributed by atoms with Crippen LogP contribution in [0, 0.1) is 6.92 Å². The Labute approximate surface area is 98.2 Å². The third kappa shape index (κ3) is 1.60. The molecule has 1 heterocycles. The number of halogens is 1. The van der Waals surface area contributed by atoms with Gasteiger partial charge in [-0.05, 0) is 46.9 Å². The van der Waals surface area contributed by atoms with E-state index < -0.39 is 0 Å². The van der Waals surface area contributed by atoms with Crippen LogP contribution in [0.5, 0.6) is 0 Å². The Morgan fingerprint density at radius 1 is 1.40 bits per heavy atom. The number of aryl methyl sites for hydroxylation is 2. The number of nitrogens with zero attached hydrogens (tertiary/aromatic N) is 1. The lowest BCUT2D eigenvalue weighted by Gasteiger charge is -2.00. The molecule has 0 saturated carbocycles. The van der Waals surface area contributed by atoms with Crippen molar-refractivity contribution >= 4 is 26.8 Å². The van der Waals surface area contributed by atoms with Crippen LogP contribution in [-0.2, 0) is 13.5 Å². The average molecular weight is 267 g/mol. The zero-order chi connectivity index (χ0) is 11.0. The van der Waals surface area contributed by atoms with E-state index in [2.05, 4.69) is 52.7 Å². The first-order valence-corrected chi connectivity index (χ1v) is 5.88. The Balaban J connectivity index is 2.81. The molecule has 80 valence electrons. The summed E-state index contributed by atoms with van der Waals surface area (Å²) in [5.41, 5.74) is 9.56. The number of aromatic nitrogens is 1. The smallest absolute Gasteiger partial charge is 0.0887 e. The monoisotopic (exact) mass is 266 g/mol. The summed E-state index contributed by atoms with van der Waals surface area (Å²) < 4.78 is 3.34. The first kappa shape index (κ1) is 10.7. The molecular weight excluding hydrogens is 252 g/mol. The van der Waals surface area contributed by atoms with Crippen molar-refractivity contribution < 1.29 is 0 Å². The summed E-state index contributed by atoms with van der Waals surface area (Å²) in [4.78, 5) is 0. The van der Waals surface area contributed by atoms with Crippen molar-refractivity contribution in [3.8, 4) is 0 Å². The maximum absolute atomic E-state index is 5.64. The minimum atomic E-state index is 0.686. The number of rotatable bonds is 2. The second-order valence-corrected chi connectivity index (χ2v) is 4.59. The Morgan fingerprint density at radius 2 is 2.13 bits per heavy atom. The lowest BCUT2D eigenvalue weighted by Crippen LogP contribution is -2.02. The van der Waals surface area contributed by atoms with Crippen LogP contribution in [0.2, 0.25) is 0 Å². The molecule has 0 fully saturated rings. The molecule has 2 nitrogen and oxygen atoms in total. The molecule has 1 aromatic heterocycles. The molecule has 0 aliphatic carbocycles. The lowest BCUT2D eigenvalue weighted by molar-refractivity contribution is 0.900. The van der Waals surface area contributed by atoms with Gasteiger partial charge in [0, 0.05) is 12.4 Å². The molecule has 0 saturated heterocycles. The second-order valence-electron chi connectivity index (χ2n) is 3.84. The molecule has 0 spiro atoms. The van der Waals surface area contributed by atoms with E-state index in [1.807, 2.05) is 0 Å². The van der Waals surface area contributed by atoms with Crippen LogP contribution in [0.3, 0.4) is 0 Å². The standard InChI is InChI=1S/C12H15BrN2/c1-8-4-3-5-9-10(6-7-14)12(13)15(2)11(8)9/h3-5H,6-7,14H2,1-2H3. The normalized spacial score (nSPS) is 11.2. The van der Waals surface area contributed by atoms with E-state index in [4.69, 9.17) is 5.73 Å². The summed E-state index contributed by atoms with van der Waals surface area (Å²) >= 11 is 3.64. The highest BCUT2D eigenvalue weighted by atomic mass is 79.9. The van der Waals surface area contributed by atoms with Gasteiger partial charge >= 0.3 is 0 Å². The number of para-hydroxylation sites is 1. The van der Waals surface area contributed by atoms with Crippen molar-refractivity contribution in [1.82, 2.24) is 4.57 Å². The third-order valence-corrected chi connectivity index (χ3v) is 3.85. The molecule has 0 aliphatic heterocycles. The molecule has 0 radical (unpaired) electrons. The summed E-state index contributed by atoms with van der Waals surface area (Å²) in [5.74, 6) is 0. The fourth-order valence-electron chi connectivity index (χ4n) is 2.14. The van der Waals surface area contributed by atoms with Crippen LogP contribution < -0.4 is 5.73 Å². The minimum Gasteiger partial charge on any atom is -0.338 e. The van der Waals surface area contributed by atoms with Gasteiger partial charge in [-0.3, -0.25) is 0 Å². The largest absolute Gasteiger partial charge is 0.338 e. The number of benzene rings is 1. The zero-order valence-electron chi connectivity index (χ0n) is 9.05. The Bertz CT molecular complexity index is 500. The maximum Gasteiger partial charge on any atom is 0.0887 e. The molecule has 2 rings (SSSR count). The summed E-state index contributed by atoms with van der Waals surface area (Å²) in [6.07, 6.45) is 0.918. The van der Waals surface area contributed by atoms with Gasteiger partial charge in [-0.2, -0.15) is 0 Å². The van der Waals surface area contributed by atoms with Crippen molar-refractivity contribution in [3.63, 3.8) is 0 Å². The van der Waals surface area contributed by atoms with Gasteiger partial charge in [0.25, 0.3) is 0 Å². The van der Waals surface area contributed by atoms with Gasteiger partial charge in [-0.25, -0.2) is 0 Å².